The molecule has 0 aliphatic heterocycles. The van der Waals surface area contributed by atoms with Crippen molar-refractivity contribution in [2.24, 2.45) is 5.92 Å². The summed E-state index contributed by atoms with van der Waals surface area (Å²) in [7, 11) is 0. The number of benzene rings is 2. The molecular formula is C18H14BrN3O3. The molecule has 3 aromatic rings. The van der Waals surface area contributed by atoms with Gasteiger partial charge in [0.05, 0.1) is 0 Å². The van der Waals surface area contributed by atoms with E-state index in [-0.39, 0.29) is 17.7 Å². The zero-order valence-electron chi connectivity index (χ0n) is 13.0. The van der Waals surface area contributed by atoms with Gasteiger partial charge in [0.2, 0.25) is 5.91 Å². The first-order valence-corrected chi connectivity index (χ1v) is 8.62. The molecule has 1 aliphatic rings. The van der Waals surface area contributed by atoms with Crippen molar-refractivity contribution in [3.8, 4) is 11.4 Å². The lowest BCUT2D eigenvalue weighted by molar-refractivity contribution is -0.117. The molecule has 25 heavy (non-hydrogen) atoms. The number of aromatic amines is 1. The molecule has 7 heteroatoms. The van der Waals surface area contributed by atoms with E-state index in [0.717, 1.165) is 10.9 Å². The third-order valence-corrected chi connectivity index (χ3v) is 4.74. The van der Waals surface area contributed by atoms with Crippen LogP contribution in [-0.2, 0) is 4.79 Å². The molecule has 1 aromatic heterocycles. The zero-order chi connectivity index (χ0) is 17.4. The number of hydrogen-bond acceptors (Lipinski definition) is 4. The van der Waals surface area contributed by atoms with E-state index in [1.165, 1.54) is 5.56 Å². The Morgan fingerprint density at radius 1 is 1.24 bits per heavy atom. The molecule has 0 spiro atoms. The summed E-state index contributed by atoms with van der Waals surface area (Å²) >= 11 is 3.46. The SMILES string of the molecule is O=C(Nc1cccc(-c2noc(=O)[nH]2)c1)C1CC1c1cccc(Br)c1. The second-order valence-corrected chi connectivity index (χ2v) is 6.93. The Balaban J connectivity index is 1.46. The number of aromatic nitrogens is 2. The van der Waals surface area contributed by atoms with E-state index in [4.69, 9.17) is 0 Å². The highest BCUT2D eigenvalue weighted by atomic mass is 79.9. The van der Waals surface area contributed by atoms with Crippen LogP contribution in [0.1, 0.15) is 17.9 Å². The van der Waals surface area contributed by atoms with Crippen molar-refractivity contribution in [1.82, 2.24) is 10.1 Å². The van der Waals surface area contributed by atoms with Gasteiger partial charge in [-0.15, -0.1) is 0 Å². The van der Waals surface area contributed by atoms with Gasteiger partial charge in [-0.2, -0.15) is 0 Å². The fourth-order valence-electron chi connectivity index (χ4n) is 2.92. The standard InChI is InChI=1S/C18H14BrN3O3/c19-12-5-1-3-10(7-12)14-9-15(14)17(23)20-13-6-2-4-11(8-13)16-21-18(24)25-22-16/h1-8,14-15H,9H2,(H,20,23)(H,21,22,24). The molecule has 1 aliphatic carbocycles. The minimum Gasteiger partial charge on any atom is -0.326 e. The van der Waals surface area contributed by atoms with Crippen LogP contribution in [0, 0.1) is 5.92 Å². The fraction of sp³-hybridized carbons (Fsp3) is 0.167. The first-order valence-electron chi connectivity index (χ1n) is 7.83. The van der Waals surface area contributed by atoms with Crippen molar-refractivity contribution in [2.45, 2.75) is 12.3 Å². The summed E-state index contributed by atoms with van der Waals surface area (Å²) in [5, 5.41) is 6.59. The van der Waals surface area contributed by atoms with Crippen molar-refractivity contribution < 1.29 is 9.32 Å². The highest BCUT2D eigenvalue weighted by Crippen LogP contribution is 2.48. The van der Waals surface area contributed by atoms with Crippen LogP contribution >= 0.6 is 15.9 Å². The summed E-state index contributed by atoms with van der Waals surface area (Å²) in [6, 6.07) is 15.2. The van der Waals surface area contributed by atoms with Gasteiger partial charge in [-0.05, 0) is 42.2 Å². The Labute approximate surface area is 151 Å². The van der Waals surface area contributed by atoms with E-state index in [2.05, 4.69) is 42.0 Å². The maximum absolute atomic E-state index is 12.5. The van der Waals surface area contributed by atoms with Gasteiger partial charge in [0.15, 0.2) is 5.82 Å². The van der Waals surface area contributed by atoms with Gasteiger partial charge < -0.3 is 5.32 Å². The highest BCUT2D eigenvalue weighted by molar-refractivity contribution is 9.10. The van der Waals surface area contributed by atoms with E-state index in [0.29, 0.717) is 17.1 Å². The van der Waals surface area contributed by atoms with E-state index in [1.807, 2.05) is 18.2 Å². The van der Waals surface area contributed by atoms with Crippen LogP contribution in [0.25, 0.3) is 11.4 Å². The molecule has 2 aromatic carbocycles. The highest BCUT2D eigenvalue weighted by Gasteiger charge is 2.43. The summed E-state index contributed by atoms with van der Waals surface area (Å²) in [6.07, 6.45) is 0.846. The van der Waals surface area contributed by atoms with Gasteiger partial charge in [-0.25, -0.2) is 4.79 Å². The van der Waals surface area contributed by atoms with Gasteiger partial charge in [0.1, 0.15) is 0 Å². The van der Waals surface area contributed by atoms with Crippen molar-refractivity contribution >= 4 is 27.5 Å². The van der Waals surface area contributed by atoms with Gasteiger partial charge in [0.25, 0.3) is 0 Å². The molecule has 1 fully saturated rings. The minimum absolute atomic E-state index is 0.00392. The molecule has 1 heterocycles. The van der Waals surface area contributed by atoms with Crippen molar-refractivity contribution in [2.75, 3.05) is 5.32 Å². The van der Waals surface area contributed by atoms with Crippen molar-refractivity contribution in [3.63, 3.8) is 0 Å². The maximum Gasteiger partial charge on any atom is 0.439 e. The van der Waals surface area contributed by atoms with Crippen molar-refractivity contribution in [3.05, 3.63) is 69.1 Å². The first kappa shape index (κ1) is 15.8. The van der Waals surface area contributed by atoms with E-state index in [1.54, 1.807) is 24.3 Å². The number of hydrogen-bond donors (Lipinski definition) is 2. The summed E-state index contributed by atoms with van der Waals surface area (Å²) in [6.45, 7) is 0. The largest absolute Gasteiger partial charge is 0.439 e. The molecule has 0 saturated heterocycles. The topological polar surface area (TPSA) is 88.0 Å². The molecule has 2 N–H and O–H groups in total. The lowest BCUT2D eigenvalue weighted by Crippen LogP contribution is -2.14. The predicted molar refractivity (Wildman–Crippen MR) is 96.2 cm³/mol. The normalized spacial score (nSPS) is 18.8. The third-order valence-electron chi connectivity index (χ3n) is 4.25. The molecule has 0 radical (unpaired) electrons. The number of rotatable bonds is 4. The number of anilines is 1. The quantitative estimate of drug-likeness (QED) is 0.702. The number of amides is 1. The number of carbonyl (C=O) groups excluding carboxylic acids is 1. The molecule has 0 bridgehead atoms. The number of halogens is 1. The number of carbonyl (C=O) groups is 1. The average molecular weight is 400 g/mol. The summed E-state index contributed by atoms with van der Waals surface area (Å²) in [5.41, 5.74) is 2.50. The van der Waals surface area contributed by atoms with Crippen LogP contribution in [0.4, 0.5) is 5.69 Å². The monoisotopic (exact) mass is 399 g/mol. The summed E-state index contributed by atoms with van der Waals surface area (Å²) in [4.78, 5) is 26.0. The molecule has 2 atom stereocenters. The molecule has 1 saturated carbocycles. The van der Waals surface area contributed by atoms with Gasteiger partial charge in [-0.1, -0.05) is 45.4 Å². The molecule has 2 unspecified atom stereocenters. The number of nitrogens with zero attached hydrogens (tertiary/aromatic N) is 1. The molecule has 126 valence electrons. The molecule has 6 nitrogen and oxygen atoms in total. The van der Waals surface area contributed by atoms with Gasteiger partial charge in [0, 0.05) is 21.6 Å². The Kier molecular flexibility index (Phi) is 4.01. The Bertz CT molecular complexity index is 995. The van der Waals surface area contributed by atoms with Crippen LogP contribution in [0.15, 0.2) is 62.3 Å². The number of nitrogens with one attached hydrogen (secondary N) is 2. The van der Waals surface area contributed by atoms with Crippen LogP contribution in [0.2, 0.25) is 0 Å². The molecule has 1 amide bonds. The molecular weight excluding hydrogens is 386 g/mol. The average Bonchev–Trinajstić information content (AvgIpc) is 3.29. The zero-order valence-corrected chi connectivity index (χ0v) is 14.6. The predicted octanol–water partition coefficient (Wildman–Crippen LogP) is 3.53. The van der Waals surface area contributed by atoms with Crippen LogP contribution in [-0.4, -0.2) is 16.0 Å². The van der Waals surface area contributed by atoms with Gasteiger partial charge >= 0.3 is 5.76 Å². The smallest absolute Gasteiger partial charge is 0.326 e. The second-order valence-electron chi connectivity index (χ2n) is 6.02. The van der Waals surface area contributed by atoms with E-state index < -0.39 is 5.76 Å². The van der Waals surface area contributed by atoms with Crippen LogP contribution in [0.3, 0.4) is 0 Å². The second kappa shape index (κ2) is 6.33. The Morgan fingerprint density at radius 2 is 2.08 bits per heavy atom. The van der Waals surface area contributed by atoms with Crippen LogP contribution in [0.5, 0.6) is 0 Å². The van der Waals surface area contributed by atoms with Gasteiger partial charge in [-0.3, -0.25) is 14.3 Å². The third kappa shape index (κ3) is 3.41. The lowest BCUT2D eigenvalue weighted by atomic mass is 10.1. The van der Waals surface area contributed by atoms with Crippen molar-refractivity contribution in [1.29, 1.82) is 0 Å². The lowest BCUT2D eigenvalue weighted by Gasteiger charge is -2.06. The number of H-pyrrole nitrogens is 1. The first-order chi connectivity index (χ1) is 12.1. The van der Waals surface area contributed by atoms with E-state index >= 15 is 0 Å². The Hall–Kier alpha value is -2.67. The summed E-state index contributed by atoms with van der Waals surface area (Å²) in [5.74, 6) is -0.0491. The minimum atomic E-state index is -0.612. The van der Waals surface area contributed by atoms with E-state index in [9.17, 15) is 9.59 Å². The maximum atomic E-state index is 12.5. The van der Waals surface area contributed by atoms with Crippen LogP contribution < -0.4 is 11.1 Å². The Morgan fingerprint density at radius 3 is 2.84 bits per heavy atom. The molecule has 4 rings (SSSR count). The summed E-state index contributed by atoms with van der Waals surface area (Å²) < 4.78 is 5.53. The fourth-order valence-corrected chi connectivity index (χ4v) is 3.34.